The Hall–Kier alpha value is -2.64. The Labute approximate surface area is 171 Å². The summed E-state index contributed by atoms with van der Waals surface area (Å²) in [6.07, 6.45) is 2.18. The summed E-state index contributed by atoms with van der Waals surface area (Å²) >= 11 is 3.04. The van der Waals surface area contributed by atoms with E-state index in [1.807, 2.05) is 30.5 Å². The number of carbonyl (C=O) groups is 1. The third-order valence-electron chi connectivity index (χ3n) is 4.61. The molecular weight excluding hydrogens is 388 g/mol. The van der Waals surface area contributed by atoms with Crippen molar-refractivity contribution < 1.29 is 4.79 Å². The Morgan fingerprint density at radius 1 is 1.14 bits per heavy atom. The number of nitrogens with one attached hydrogen (secondary N) is 2. The molecule has 2 heterocycles. The van der Waals surface area contributed by atoms with E-state index in [-0.39, 0.29) is 5.91 Å². The first-order valence-corrected chi connectivity index (χ1v) is 10.8. The second-order valence-corrected chi connectivity index (χ2v) is 8.86. The first-order chi connectivity index (χ1) is 13.6. The molecule has 0 aliphatic rings. The number of H-pyrrole nitrogens is 1. The largest absolute Gasteiger partial charge is 0.361 e. The van der Waals surface area contributed by atoms with Crippen LogP contribution in [0.15, 0.2) is 53.0 Å². The molecule has 2 aromatic carbocycles. The molecule has 0 bridgehead atoms. The third-order valence-corrected chi connectivity index (χ3v) is 6.66. The van der Waals surface area contributed by atoms with Gasteiger partial charge in [-0.3, -0.25) is 4.79 Å². The van der Waals surface area contributed by atoms with Crippen LogP contribution >= 0.6 is 23.1 Å². The Kier molecular flexibility index (Phi) is 5.45. The summed E-state index contributed by atoms with van der Waals surface area (Å²) in [6, 6.07) is 14.4. The summed E-state index contributed by atoms with van der Waals surface area (Å²) in [5.74, 6) is 0.741. The molecule has 5 nitrogen and oxygen atoms in total. The fraction of sp³-hybridized carbons (Fsp3) is 0.190. The highest BCUT2D eigenvalue weighted by Gasteiger charge is 2.12. The van der Waals surface area contributed by atoms with Gasteiger partial charge in [0.15, 0.2) is 4.34 Å². The number of thioether (sulfide) groups is 1. The maximum absolute atomic E-state index is 12.4. The van der Waals surface area contributed by atoms with Crippen molar-refractivity contribution in [3.8, 4) is 0 Å². The lowest BCUT2D eigenvalue weighted by atomic mass is 10.1. The molecule has 7 heteroatoms. The smallest absolute Gasteiger partial charge is 0.230 e. The van der Waals surface area contributed by atoms with Gasteiger partial charge in [-0.25, -0.2) is 0 Å². The van der Waals surface area contributed by atoms with Gasteiger partial charge in [-0.1, -0.05) is 59.5 Å². The van der Waals surface area contributed by atoms with E-state index in [1.165, 1.54) is 28.0 Å². The molecule has 4 rings (SSSR count). The number of hydrogen-bond acceptors (Lipinski definition) is 5. The zero-order valence-corrected chi connectivity index (χ0v) is 17.3. The van der Waals surface area contributed by atoms with Crippen molar-refractivity contribution in [3.63, 3.8) is 0 Å². The molecule has 0 saturated carbocycles. The topological polar surface area (TPSA) is 70.7 Å². The quantitative estimate of drug-likeness (QED) is 0.344. The third kappa shape index (κ3) is 4.26. The van der Waals surface area contributed by atoms with Crippen LogP contribution in [0.25, 0.3) is 10.9 Å². The van der Waals surface area contributed by atoms with E-state index < -0.39 is 0 Å². The van der Waals surface area contributed by atoms with Crippen molar-refractivity contribution in [2.24, 2.45) is 0 Å². The van der Waals surface area contributed by atoms with Gasteiger partial charge in [0.2, 0.25) is 11.0 Å². The normalized spacial score (nSPS) is 11.1. The average molecular weight is 409 g/mol. The van der Waals surface area contributed by atoms with E-state index >= 15 is 0 Å². The molecule has 1 amide bonds. The lowest BCUT2D eigenvalue weighted by Gasteiger charge is -2.03. The van der Waals surface area contributed by atoms with E-state index in [1.54, 1.807) is 11.8 Å². The summed E-state index contributed by atoms with van der Waals surface area (Å²) in [7, 11) is 0. The van der Waals surface area contributed by atoms with E-state index in [0.29, 0.717) is 11.6 Å². The van der Waals surface area contributed by atoms with Crippen molar-refractivity contribution in [2.75, 3.05) is 5.32 Å². The molecule has 142 valence electrons. The number of anilines is 1. The Morgan fingerprint density at radius 2 is 2.00 bits per heavy atom. The number of para-hydroxylation sites is 1. The molecule has 0 fully saturated rings. The zero-order valence-electron chi connectivity index (χ0n) is 15.7. The first-order valence-electron chi connectivity index (χ1n) is 8.96. The number of amides is 1. The molecule has 0 spiro atoms. The van der Waals surface area contributed by atoms with Crippen LogP contribution in [0.4, 0.5) is 5.13 Å². The summed E-state index contributed by atoms with van der Waals surface area (Å²) < 4.78 is 0.848. The van der Waals surface area contributed by atoms with Crippen LogP contribution < -0.4 is 5.32 Å². The van der Waals surface area contributed by atoms with E-state index in [0.717, 1.165) is 26.6 Å². The van der Waals surface area contributed by atoms with Crippen molar-refractivity contribution in [1.29, 1.82) is 0 Å². The van der Waals surface area contributed by atoms with E-state index in [2.05, 4.69) is 52.5 Å². The highest BCUT2D eigenvalue weighted by Crippen LogP contribution is 2.29. The minimum atomic E-state index is -0.0911. The molecule has 0 unspecified atom stereocenters. The number of benzene rings is 2. The van der Waals surface area contributed by atoms with Gasteiger partial charge in [0.25, 0.3) is 0 Å². The summed E-state index contributed by atoms with van der Waals surface area (Å²) in [4.78, 5) is 15.6. The predicted octanol–water partition coefficient (Wildman–Crippen LogP) is 5.11. The molecule has 4 aromatic rings. The van der Waals surface area contributed by atoms with Crippen molar-refractivity contribution in [1.82, 2.24) is 15.2 Å². The maximum atomic E-state index is 12.4. The standard InChI is InChI=1S/C21H20N4OS2/c1-13-7-8-15(9-14(13)2)12-27-21-25-24-20(28-21)23-19(26)10-16-11-22-18-6-4-3-5-17(16)18/h3-9,11,22H,10,12H2,1-2H3,(H,23,24,26). The summed E-state index contributed by atoms with van der Waals surface area (Å²) in [5.41, 5.74) is 5.85. The molecule has 28 heavy (non-hydrogen) atoms. The first kappa shape index (κ1) is 18.7. The molecule has 2 N–H and O–H groups in total. The number of carbonyl (C=O) groups excluding carboxylic acids is 1. The Bertz CT molecular complexity index is 1130. The molecule has 0 atom stereocenters. The minimum Gasteiger partial charge on any atom is -0.361 e. The van der Waals surface area contributed by atoms with Crippen molar-refractivity contribution in [2.45, 2.75) is 30.4 Å². The number of aromatic amines is 1. The number of rotatable bonds is 6. The SMILES string of the molecule is Cc1ccc(CSc2nnc(NC(=O)Cc3c[nH]c4ccccc34)s2)cc1C. The Balaban J connectivity index is 1.35. The van der Waals surface area contributed by atoms with Gasteiger partial charge in [-0.05, 0) is 42.2 Å². The molecule has 0 aliphatic carbocycles. The number of aromatic nitrogens is 3. The minimum absolute atomic E-state index is 0.0911. The van der Waals surface area contributed by atoms with Crippen LogP contribution in [0.1, 0.15) is 22.3 Å². The number of hydrogen-bond donors (Lipinski definition) is 2. The van der Waals surface area contributed by atoms with Gasteiger partial charge in [-0.2, -0.15) is 0 Å². The summed E-state index contributed by atoms with van der Waals surface area (Å²) in [6.45, 7) is 4.23. The lowest BCUT2D eigenvalue weighted by Crippen LogP contribution is -2.14. The monoisotopic (exact) mass is 408 g/mol. The van der Waals surface area contributed by atoms with Crippen molar-refractivity contribution >= 4 is 45.0 Å². The van der Waals surface area contributed by atoms with Gasteiger partial charge in [0, 0.05) is 22.9 Å². The van der Waals surface area contributed by atoms with E-state index in [4.69, 9.17) is 0 Å². The van der Waals surface area contributed by atoms with Crippen LogP contribution in [-0.2, 0) is 17.0 Å². The van der Waals surface area contributed by atoms with Crippen LogP contribution in [0.2, 0.25) is 0 Å². The molecule has 2 aromatic heterocycles. The van der Waals surface area contributed by atoms with Gasteiger partial charge in [-0.15, -0.1) is 10.2 Å². The molecule has 0 saturated heterocycles. The van der Waals surface area contributed by atoms with Crippen LogP contribution in [0, 0.1) is 13.8 Å². The lowest BCUT2D eigenvalue weighted by molar-refractivity contribution is -0.115. The summed E-state index contributed by atoms with van der Waals surface area (Å²) in [5, 5.41) is 12.7. The van der Waals surface area contributed by atoms with E-state index in [9.17, 15) is 4.79 Å². The average Bonchev–Trinajstić information content (AvgIpc) is 3.30. The van der Waals surface area contributed by atoms with Gasteiger partial charge >= 0.3 is 0 Å². The zero-order chi connectivity index (χ0) is 19.5. The number of aryl methyl sites for hydroxylation is 2. The van der Waals surface area contributed by atoms with Gasteiger partial charge in [0.05, 0.1) is 6.42 Å². The fourth-order valence-corrected chi connectivity index (χ4v) is 4.68. The predicted molar refractivity (Wildman–Crippen MR) is 116 cm³/mol. The van der Waals surface area contributed by atoms with Crippen LogP contribution in [-0.4, -0.2) is 21.1 Å². The van der Waals surface area contributed by atoms with Crippen LogP contribution in [0.5, 0.6) is 0 Å². The highest BCUT2D eigenvalue weighted by atomic mass is 32.2. The molecule has 0 radical (unpaired) electrons. The Morgan fingerprint density at radius 3 is 2.86 bits per heavy atom. The number of fused-ring (bicyclic) bond motifs is 1. The number of nitrogens with zero attached hydrogens (tertiary/aromatic N) is 2. The van der Waals surface area contributed by atoms with Crippen LogP contribution in [0.3, 0.4) is 0 Å². The molecule has 0 aliphatic heterocycles. The highest BCUT2D eigenvalue weighted by molar-refractivity contribution is 8.00. The van der Waals surface area contributed by atoms with Gasteiger partial charge in [0.1, 0.15) is 0 Å². The maximum Gasteiger partial charge on any atom is 0.230 e. The van der Waals surface area contributed by atoms with Crippen molar-refractivity contribution in [3.05, 3.63) is 70.9 Å². The van der Waals surface area contributed by atoms with Gasteiger partial charge < -0.3 is 10.3 Å². The fourth-order valence-electron chi connectivity index (χ4n) is 2.97. The molecular formula is C21H20N4OS2. The second-order valence-electron chi connectivity index (χ2n) is 6.66. The second kappa shape index (κ2) is 8.16.